The molecule has 0 fully saturated rings. The van der Waals surface area contributed by atoms with Crippen LogP contribution in [0.5, 0.6) is 5.88 Å². The minimum Gasteiger partial charge on any atom is -0.481 e. The highest BCUT2D eigenvalue weighted by Crippen LogP contribution is 2.25. The van der Waals surface area contributed by atoms with Gasteiger partial charge in [-0.15, -0.1) is 0 Å². The Morgan fingerprint density at radius 3 is 2.87 bits per heavy atom. The van der Waals surface area contributed by atoms with E-state index in [2.05, 4.69) is 17.6 Å². The number of nitrogens with zero attached hydrogens (tertiary/aromatic N) is 1. The number of aromatic nitrogens is 1. The highest BCUT2D eigenvalue weighted by atomic mass is 32.1. The summed E-state index contributed by atoms with van der Waals surface area (Å²) in [7, 11) is 1.48. The summed E-state index contributed by atoms with van der Waals surface area (Å²) in [5, 5.41) is 19.4. The van der Waals surface area contributed by atoms with E-state index in [1.165, 1.54) is 7.11 Å². The van der Waals surface area contributed by atoms with Gasteiger partial charge in [0.2, 0.25) is 5.88 Å². The van der Waals surface area contributed by atoms with Crippen molar-refractivity contribution in [3.8, 4) is 5.88 Å². The first-order valence-electron chi connectivity index (χ1n) is 4.66. The van der Waals surface area contributed by atoms with E-state index in [1.54, 1.807) is 18.3 Å². The number of aliphatic hydroxyl groups is 2. The lowest BCUT2D eigenvalue weighted by atomic mass is 10.0. The van der Waals surface area contributed by atoms with Crippen LogP contribution in [0, 0.1) is 0 Å². The van der Waals surface area contributed by atoms with E-state index >= 15 is 0 Å². The third-order valence-electron chi connectivity index (χ3n) is 2.10. The SMILES string of the molecule is COc1ncccc1C(O)C(O)CCS. The second kappa shape index (κ2) is 5.95. The lowest BCUT2D eigenvalue weighted by Crippen LogP contribution is -2.19. The first kappa shape index (κ1) is 12.3. The van der Waals surface area contributed by atoms with Gasteiger partial charge in [0.1, 0.15) is 6.10 Å². The maximum Gasteiger partial charge on any atom is 0.218 e. The molecular formula is C10H15NO3S. The zero-order valence-corrected chi connectivity index (χ0v) is 9.39. The predicted octanol–water partition coefficient (Wildman–Crippen LogP) is 0.804. The molecule has 1 rings (SSSR count). The first-order valence-corrected chi connectivity index (χ1v) is 5.29. The molecule has 2 atom stereocenters. The largest absolute Gasteiger partial charge is 0.481 e. The predicted molar refractivity (Wildman–Crippen MR) is 60.2 cm³/mol. The lowest BCUT2D eigenvalue weighted by Gasteiger charge is -2.18. The summed E-state index contributed by atoms with van der Waals surface area (Å²) in [5.41, 5.74) is 0.495. The molecule has 1 aromatic rings. The van der Waals surface area contributed by atoms with E-state index in [-0.39, 0.29) is 0 Å². The van der Waals surface area contributed by atoms with Crippen LogP contribution in [-0.4, -0.2) is 34.2 Å². The van der Waals surface area contributed by atoms with Crippen LogP contribution in [0.4, 0.5) is 0 Å². The van der Waals surface area contributed by atoms with Crippen molar-refractivity contribution in [1.82, 2.24) is 4.98 Å². The molecular weight excluding hydrogens is 214 g/mol. The van der Waals surface area contributed by atoms with E-state index in [4.69, 9.17) is 4.74 Å². The average molecular weight is 229 g/mol. The molecule has 1 heterocycles. The second-order valence-corrected chi connectivity index (χ2v) is 3.57. The van der Waals surface area contributed by atoms with Crippen molar-refractivity contribution >= 4 is 12.6 Å². The average Bonchev–Trinajstić information content (AvgIpc) is 2.28. The third-order valence-corrected chi connectivity index (χ3v) is 2.36. The molecule has 0 aliphatic heterocycles. The molecule has 2 unspecified atom stereocenters. The fourth-order valence-corrected chi connectivity index (χ4v) is 1.56. The molecule has 0 bridgehead atoms. The number of hydrogen-bond acceptors (Lipinski definition) is 5. The Bertz CT molecular complexity index is 308. The molecule has 0 radical (unpaired) electrons. The fraction of sp³-hybridized carbons (Fsp3) is 0.500. The van der Waals surface area contributed by atoms with Gasteiger partial charge in [-0.3, -0.25) is 0 Å². The normalized spacial score (nSPS) is 14.7. The second-order valence-electron chi connectivity index (χ2n) is 3.13. The van der Waals surface area contributed by atoms with E-state index in [0.717, 1.165) is 0 Å². The smallest absolute Gasteiger partial charge is 0.218 e. The van der Waals surface area contributed by atoms with Gasteiger partial charge in [0.05, 0.1) is 13.2 Å². The van der Waals surface area contributed by atoms with E-state index < -0.39 is 12.2 Å². The fourth-order valence-electron chi connectivity index (χ4n) is 1.30. The summed E-state index contributed by atoms with van der Waals surface area (Å²) in [6.07, 6.45) is 0.156. The maximum absolute atomic E-state index is 9.83. The van der Waals surface area contributed by atoms with Crippen LogP contribution in [0.2, 0.25) is 0 Å². The van der Waals surface area contributed by atoms with Crippen molar-refractivity contribution in [3.05, 3.63) is 23.9 Å². The zero-order chi connectivity index (χ0) is 11.3. The van der Waals surface area contributed by atoms with Gasteiger partial charge in [-0.2, -0.15) is 12.6 Å². The van der Waals surface area contributed by atoms with Crippen molar-refractivity contribution in [2.75, 3.05) is 12.9 Å². The van der Waals surface area contributed by atoms with Crippen molar-refractivity contribution in [2.24, 2.45) is 0 Å². The van der Waals surface area contributed by atoms with Crippen molar-refractivity contribution < 1.29 is 14.9 Å². The van der Waals surface area contributed by atoms with Crippen molar-refractivity contribution in [3.63, 3.8) is 0 Å². The van der Waals surface area contributed by atoms with Gasteiger partial charge in [0.25, 0.3) is 0 Å². The van der Waals surface area contributed by atoms with Crippen LogP contribution in [0.1, 0.15) is 18.1 Å². The highest BCUT2D eigenvalue weighted by molar-refractivity contribution is 7.80. The molecule has 0 aliphatic rings. The van der Waals surface area contributed by atoms with Gasteiger partial charge < -0.3 is 14.9 Å². The van der Waals surface area contributed by atoms with E-state index in [0.29, 0.717) is 23.6 Å². The van der Waals surface area contributed by atoms with Crippen LogP contribution < -0.4 is 4.74 Å². The molecule has 5 heteroatoms. The van der Waals surface area contributed by atoms with Gasteiger partial charge in [-0.25, -0.2) is 4.98 Å². The molecule has 15 heavy (non-hydrogen) atoms. The Morgan fingerprint density at radius 1 is 1.53 bits per heavy atom. The molecule has 0 spiro atoms. The number of methoxy groups -OCH3 is 1. The Kier molecular flexibility index (Phi) is 4.87. The molecule has 0 aromatic carbocycles. The monoisotopic (exact) mass is 229 g/mol. The van der Waals surface area contributed by atoms with Crippen LogP contribution in [0.3, 0.4) is 0 Å². The summed E-state index contributed by atoms with van der Waals surface area (Å²) >= 11 is 4.00. The van der Waals surface area contributed by atoms with Gasteiger partial charge in [-0.05, 0) is 24.3 Å². The molecule has 0 saturated heterocycles. The van der Waals surface area contributed by atoms with E-state index in [9.17, 15) is 10.2 Å². The number of ether oxygens (including phenoxy) is 1. The number of hydrogen-bond donors (Lipinski definition) is 3. The number of aliphatic hydroxyl groups excluding tert-OH is 2. The minimum absolute atomic E-state index is 0.336. The highest BCUT2D eigenvalue weighted by Gasteiger charge is 2.21. The molecule has 4 nitrogen and oxygen atoms in total. The first-order chi connectivity index (χ1) is 7.20. The summed E-state index contributed by atoms with van der Waals surface area (Å²) in [6.45, 7) is 0. The van der Waals surface area contributed by atoms with E-state index in [1.807, 2.05) is 0 Å². The molecule has 0 saturated carbocycles. The number of pyridine rings is 1. The minimum atomic E-state index is -0.985. The Morgan fingerprint density at radius 2 is 2.27 bits per heavy atom. The topological polar surface area (TPSA) is 62.6 Å². The zero-order valence-electron chi connectivity index (χ0n) is 8.50. The van der Waals surface area contributed by atoms with Gasteiger partial charge in [-0.1, -0.05) is 0 Å². The summed E-state index contributed by atoms with van der Waals surface area (Å²) in [4.78, 5) is 3.95. The number of thiol groups is 1. The van der Waals surface area contributed by atoms with Crippen molar-refractivity contribution in [1.29, 1.82) is 0 Å². The summed E-state index contributed by atoms with van der Waals surface area (Å²) < 4.78 is 4.99. The van der Waals surface area contributed by atoms with Crippen LogP contribution >= 0.6 is 12.6 Å². The van der Waals surface area contributed by atoms with Crippen molar-refractivity contribution in [2.45, 2.75) is 18.6 Å². The van der Waals surface area contributed by atoms with Crippen LogP contribution in [0.15, 0.2) is 18.3 Å². The van der Waals surface area contributed by atoms with Crippen LogP contribution in [-0.2, 0) is 0 Å². The Labute approximate surface area is 94.3 Å². The summed E-state index contributed by atoms with van der Waals surface area (Å²) in [5.74, 6) is 0.851. The molecule has 0 amide bonds. The Hall–Kier alpha value is -0.780. The number of rotatable bonds is 5. The standard InChI is InChI=1S/C10H15NO3S/c1-14-10-7(3-2-5-11-10)9(13)8(12)4-6-15/h2-3,5,8-9,12-13,15H,4,6H2,1H3. The lowest BCUT2D eigenvalue weighted by molar-refractivity contribution is 0.0155. The van der Waals surface area contributed by atoms with Gasteiger partial charge >= 0.3 is 0 Å². The van der Waals surface area contributed by atoms with Gasteiger partial charge in [0.15, 0.2) is 0 Å². The maximum atomic E-state index is 9.83. The Balaban J connectivity index is 2.84. The van der Waals surface area contributed by atoms with Crippen LogP contribution in [0.25, 0.3) is 0 Å². The molecule has 2 N–H and O–H groups in total. The summed E-state index contributed by atoms with van der Waals surface area (Å²) in [6, 6.07) is 3.37. The quantitative estimate of drug-likeness (QED) is 0.654. The molecule has 84 valence electrons. The molecule has 1 aromatic heterocycles. The third kappa shape index (κ3) is 3.09. The molecule has 0 aliphatic carbocycles. The van der Waals surface area contributed by atoms with Gasteiger partial charge in [0, 0.05) is 11.8 Å².